The number of nitrogens with zero attached hydrogens (tertiary/aromatic N) is 2. The largest absolute Gasteiger partial charge is 0.261 e. The van der Waals surface area contributed by atoms with Crippen molar-refractivity contribution < 1.29 is 0 Å². The molecule has 0 bridgehead atoms. The summed E-state index contributed by atoms with van der Waals surface area (Å²) in [5.41, 5.74) is 1.09. The van der Waals surface area contributed by atoms with Gasteiger partial charge in [0.25, 0.3) is 0 Å². The molecule has 0 spiro atoms. The van der Waals surface area contributed by atoms with E-state index in [1.54, 1.807) is 0 Å². The zero-order valence-electron chi connectivity index (χ0n) is 5.80. The van der Waals surface area contributed by atoms with Crippen LogP contribution in [0.4, 0.5) is 0 Å². The molecule has 0 unspecified atom stereocenters. The molecule has 53 valence electrons. The number of aromatic nitrogens is 3. The number of hydrogen-bond donors (Lipinski definition) is 1. The molecule has 1 heterocycles. The molecule has 1 saturated carbocycles. The van der Waals surface area contributed by atoms with Gasteiger partial charge in [-0.15, -0.1) is 5.10 Å². The van der Waals surface area contributed by atoms with Crippen LogP contribution >= 0.6 is 0 Å². The molecule has 1 aliphatic rings. The van der Waals surface area contributed by atoms with Gasteiger partial charge in [-0.3, -0.25) is 5.10 Å². The quantitative estimate of drug-likeness (QED) is 0.631. The van der Waals surface area contributed by atoms with Crippen LogP contribution in [0.1, 0.15) is 37.3 Å². The third-order valence-corrected chi connectivity index (χ3v) is 2.15. The molecule has 0 atom stereocenters. The van der Waals surface area contributed by atoms with Crippen molar-refractivity contribution in [2.75, 3.05) is 0 Å². The molecule has 1 radical (unpaired) electrons. The van der Waals surface area contributed by atoms with Crippen LogP contribution < -0.4 is 0 Å². The Morgan fingerprint density at radius 2 is 2.20 bits per heavy atom. The summed E-state index contributed by atoms with van der Waals surface area (Å²) in [6, 6.07) is 0. The number of rotatable bonds is 1. The van der Waals surface area contributed by atoms with E-state index < -0.39 is 0 Å². The van der Waals surface area contributed by atoms with E-state index in [0.717, 1.165) is 5.69 Å². The predicted octanol–water partition coefficient (Wildman–Crippen LogP) is 1.26. The van der Waals surface area contributed by atoms with Crippen molar-refractivity contribution in [2.24, 2.45) is 0 Å². The Morgan fingerprint density at radius 3 is 2.80 bits per heavy atom. The fraction of sp³-hybridized carbons (Fsp3) is 0.714. The highest BCUT2D eigenvalue weighted by Crippen LogP contribution is 2.31. The monoisotopic (exact) mass is 136 g/mol. The van der Waals surface area contributed by atoms with Gasteiger partial charge in [-0.25, -0.2) is 0 Å². The van der Waals surface area contributed by atoms with Gasteiger partial charge in [0, 0.05) is 5.92 Å². The Hall–Kier alpha value is -0.860. The molecule has 2 rings (SSSR count). The molecule has 3 heteroatoms. The highest BCUT2D eigenvalue weighted by Gasteiger charge is 2.18. The van der Waals surface area contributed by atoms with Gasteiger partial charge >= 0.3 is 0 Å². The number of aromatic amines is 1. The lowest BCUT2D eigenvalue weighted by atomic mass is 10.1. The van der Waals surface area contributed by atoms with Crippen LogP contribution in [-0.4, -0.2) is 15.4 Å². The van der Waals surface area contributed by atoms with Crippen molar-refractivity contribution >= 4 is 0 Å². The summed E-state index contributed by atoms with van der Waals surface area (Å²) in [5.74, 6) is 0.662. The van der Waals surface area contributed by atoms with E-state index in [1.807, 2.05) is 0 Å². The fourth-order valence-electron chi connectivity index (χ4n) is 1.58. The van der Waals surface area contributed by atoms with Crippen molar-refractivity contribution in [3.8, 4) is 0 Å². The molecule has 0 saturated heterocycles. The molecule has 0 amide bonds. The Kier molecular flexibility index (Phi) is 1.42. The summed E-state index contributed by atoms with van der Waals surface area (Å²) in [7, 11) is 0. The van der Waals surface area contributed by atoms with Crippen LogP contribution in [0.5, 0.6) is 0 Å². The van der Waals surface area contributed by atoms with Gasteiger partial charge in [0.15, 0.2) is 0 Å². The SMILES string of the molecule is [c]1nn[nH]c1C1CCCC1. The van der Waals surface area contributed by atoms with E-state index in [0.29, 0.717) is 5.92 Å². The summed E-state index contributed by atoms with van der Waals surface area (Å²) in [4.78, 5) is 0. The van der Waals surface area contributed by atoms with Crippen molar-refractivity contribution in [3.05, 3.63) is 11.9 Å². The number of hydrogen-bond acceptors (Lipinski definition) is 2. The first-order valence-electron chi connectivity index (χ1n) is 3.75. The van der Waals surface area contributed by atoms with E-state index in [9.17, 15) is 0 Å². The summed E-state index contributed by atoms with van der Waals surface area (Å²) in [6.45, 7) is 0. The Bertz CT molecular complexity index is 187. The van der Waals surface area contributed by atoms with Gasteiger partial charge in [-0.2, -0.15) is 0 Å². The molecular formula is C7H10N3. The van der Waals surface area contributed by atoms with Crippen molar-refractivity contribution in [1.82, 2.24) is 15.4 Å². The first kappa shape index (κ1) is 5.89. The zero-order valence-corrected chi connectivity index (χ0v) is 5.80. The standard InChI is InChI=1S/C7H10N3/c1-2-4-6(3-1)7-5-8-10-9-7/h6H,1-4H2,(H,8,9,10). The van der Waals surface area contributed by atoms with Crippen molar-refractivity contribution in [3.63, 3.8) is 0 Å². The van der Waals surface area contributed by atoms with Crippen LogP contribution in [0.3, 0.4) is 0 Å². The van der Waals surface area contributed by atoms with Gasteiger partial charge < -0.3 is 0 Å². The van der Waals surface area contributed by atoms with E-state index >= 15 is 0 Å². The average molecular weight is 136 g/mol. The third kappa shape index (κ3) is 0.916. The van der Waals surface area contributed by atoms with E-state index in [4.69, 9.17) is 0 Å². The van der Waals surface area contributed by atoms with Gasteiger partial charge in [0.05, 0.1) is 5.69 Å². The molecule has 1 aliphatic carbocycles. The van der Waals surface area contributed by atoms with Crippen LogP contribution in [0.2, 0.25) is 0 Å². The highest BCUT2D eigenvalue weighted by molar-refractivity contribution is 5.00. The molecule has 3 nitrogen and oxygen atoms in total. The maximum absolute atomic E-state index is 3.64. The van der Waals surface area contributed by atoms with Gasteiger partial charge in [-0.05, 0) is 12.8 Å². The third-order valence-electron chi connectivity index (χ3n) is 2.15. The second-order valence-electron chi connectivity index (χ2n) is 2.82. The highest BCUT2D eigenvalue weighted by atomic mass is 15.3. The molecule has 10 heavy (non-hydrogen) atoms. The summed E-state index contributed by atoms with van der Waals surface area (Å²) in [6.07, 6.45) is 8.11. The minimum absolute atomic E-state index is 0.662. The van der Waals surface area contributed by atoms with Crippen molar-refractivity contribution in [2.45, 2.75) is 31.6 Å². The minimum atomic E-state index is 0.662. The lowest BCUT2D eigenvalue weighted by molar-refractivity contribution is 0.691. The molecule has 1 fully saturated rings. The van der Waals surface area contributed by atoms with Crippen LogP contribution in [0.15, 0.2) is 0 Å². The molecule has 1 aromatic heterocycles. The van der Waals surface area contributed by atoms with E-state index in [1.165, 1.54) is 25.7 Å². The van der Waals surface area contributed by atoms with E-state index in [-0.39, 0.29) is 0 Å². The van der Waals surface area contributed by atoms with Gasteiger partial charge in [0.2, 0.25) is 0 Å². The molecule has 1 aromatic rings. The normalized spacial score (nSPS) is 20.0. The summed E-state index contributed by atoms with van der Waals surface area (Å²) in [5, 5.41) is 10.1. The Labute approximate surface area is 59.8 Å². The maximum atomic E-state index is 3.64. The average Bonchev–Trinajstić information content (AvgIpc) is 2.59. The molecule has 0 aromatic carbocycles. The molecular weight excluding hydrogens is 126 g/mol. The fourth-order valence-corrected chi connectivity index (χ4v) is 1.58. The zero-order chi connectivity index (χ0) is 6.81. The van der Waals surface area contributed by atoms with E-state index in [2.05, 4.69) is 21.6 Å². The lowest BCUT2D eigenvalue weighted by Crippen LogP contribution is -1.91. The molecule has 1 N–H and O–H groups in total. The van der Waals surface area contributed by atoms with Gasteiger partial charge in [0.1, 0.15) is 6.20 Å². The summed E-state index contributed by atoms with van der Waals surface area (Å²) >= 11 is 0. The smallest absolute Gasteiger partial charge is 0.138 e. The Balaban J connectivity index is 2.12. The maximum Gasteiger partial charge on any atom is 0.138 e. The minimum Gasteiger partial charge on any atom is -0.261 e. The summed E-state index contributed by atoms with van der Waals surface area (Å²) < 4.78 is 0. The second kappa shape index (κ2) is 2.40. The first-order valence-corrected chi connectivity index (χ1v) is 3.75. The van der Waals surface area contributed by atoms with Crippen molar-refractivity contribution in [1.29, 1.82) is 0 Å². The Morgan fingerprint density at radius 1 is 1.40 bits per heavy atom. The van der Waals surface area contributed by atoms with Crippen LogP contribution in [-0.2, 0) is 0 Å². The molecule has 0 aliphatic heterocycles. The topological polar surface area (TPSA) is 41.6 Å². The van der Waals surface area contributed by atoms with Crippen LogP contribution in [0, 0.1) is 6.20 Å². The first-order chi connectivity index (χ1) is 4.97. The second-order valence-corrected chi connectivity index (χ2v) is 2.82. The number of nitrogens with one attached hydrogen (secondary N) is 1. The lowest BCUT2D eigenvalue weighted by Gasteiger charge is -2.01. The van der Waals surface area contributed by atoms with Gasteiger partial charge in [-0.1, -0.05) is 18.1 Å². The predicted molar refractivity (Wildman–Crippen MR) is 36.4 cm³/mol. The number of H-pyrrole nitrogens is 1. The van der Waals surface area contributed by atoms with Crippen LogP contribution in [0.25, 0.3) is 0 Å².